The lowest BCUT2D eigenvalue weighted by molar-refractivity contribution is 0.434. The number of hydrogen-bond donors (Lipinski definition) is 0. The minimum atomic E-state index is -0.512. The van der Waals surface area contributed by atoms with Crippen LogP contribution < -0.4 is 0 Å². The molecule has 0 aliphatic heterocycles. The van der Waals surface area contributed by atoms with Crippen molar-refractivity contribution < 1.29 is 8.91 Å². The van der Waals surface area contributed by atoms with E-state index in [1.54, 1.807) is 48.7 Å². The van der Waals surface area contributed by atoms with Gasteiger partial charge in [0.1, 0.15) is 11.5 Å². The molecule has 2 aromatic heterocycles. The van der Waals surface area contributed by atoms with E-state index >= 15 is 0 Å². The number of pyridine rings is 1. The van der Waals surface area contributed by atoms with Crippen LogP contribution in [0.5, 0.6) is 0 Å². The molecule has 0 aliphatic rings. The Morgan fingerprint density at radius 3 is 2.26 bits per heavy atom. The molecule has 0 saturated heterocycles. The van der Waals surface area contributed by atoms with E-state index in [0.717, 1.165) is 0 Å². The first-order valence-corrected chi connectivity index (χ1v) is 9.00. The van der Waals surface area contributed by atoms with E-state index in [1.807, 2.05) is 6.07 Å². The minimum Gasteiger partial charge on any atom is -0.355 e. The molecule has 134 valence electrons. The fourth-order valence-corrected chi connectivity index (χ4v) is 3.41. The van der Waals surface area contributed by atoms with Crippen LogP contribution in [0.3, 0.4) is 0 Å². The highest BCUT2D eigenvalue weighted by atomic mass is 35.5. The molecule has 0 fully saturated rings. The second kappa shape index (κ2) is 7.31. The molecule has 4 aromatic rings. The largest absolute Gasteiger partial charge is 0.355 e. The zero-order valence-corrected chi connectivity index (χ0v) is 15.9. The fraction of sp³-hybridized carbons (Fsp3) is 0. The van der Waals surface area contributed by atoms with E-state index < -0.39 is 5.82 Å². The molecular weight excluding hydrogens is 410 g/mol. The van der Waals surface area contributed by atoms with Crippen molar-refractivity contribution in [3.8, 4) is 33.8 Å². The van der Waals surface area contributed by atoms with E-state index in [2.05, 4.69) is 10.1 Å². The topological polar surface area (TPSA) is 38.9 Å². The third-order valence-electron chi connectivity index (χ3n) is 3.98. The van der Waals surface area contributed by atoms with Gasteiger partial charge in [-0.05, 0) is 48.5 Å². The number of halogens is 4. The predicted octanol–water partition coefficient (Wildman–Crippen LogP) is 7.17. The van der Waals surface area contributed by atoms with Gasteiger partial charge < -0.3 is 4.52 Å². The van der Waals surface area contributed by atoms with Crippen LogP contribution in [0, 0.1) is 5.82 Å². The Hall–Kier alpha value is -2.40. The molecule has 3 nitrogen and oxygen atoms in total. The number of aromatic nitrogens is 2. The van der Waals surface area contributed by atoms with Crippen molar-refractivity contribution in [2.75, 3.05) is 0 Å². The first kappa shape index (κ1) is 18.0. The Kier molecular flexibility index (Phi) is 4.87. The van der Waals surface area contributed by atoms with Crippen molar-refractivity contribution >= 4 is 34.8 Å². The van der Waals surface area contributed by atoms with Crippen LogP contribution in [0.25, 0.3) is 33.8 Å². The lowest BCUT2D eigenvalue weighted by Gasteiger charge is -2.07. The SMILES string of the molecule is Fc1cc(Cl)ccc1-c1noc(-c2ccc(Cl)cc2Cl)c1-c1ccccn1. The average molecular weight is 420 g/mol. The van der Waals surface area contributed by atoms with Crippen LogP contribution in [0.2, 0.25) is 15.1 Å². The molecule has 0 atom stereocenters. The third kappa shape index (κ3) is 3.44. The fourth-order valence-electron chi connectivity index (χ4n) is 2.76. The standard InChI is InChI=1S/C20H10Cl3FN2O/c21-11-4-6-13(15(23)9-11)20-18(17-3-1-2-8-25-17)19(26-27-20)14-7-5-12(22)10-16(14)24/h1-10H. The number of rotatable bonds is 3. The van der Waals surface area contributed by atoms with Gasteiger partial charge >= 0.3 is 0 Å². The van der Waals surface area contributed by atoms with Crippen molar-refractivity contribution in [3.63, 3.8) is 0 Å². The van der Waals surface area contributed by atoms with Crippen LogP contribution in [0.4, 0.5) is 4.39 Å². The lowest BCUT2D eigenvalue weighted by Crippen LogP contribution is -1.90. The average Bonchev–Trinajstić information content (AvgIpc) is 3.07. The zero-order chi connectivity index (χ0) is 19.0. The summed E-state index contributed by atoms with van der Waals surface area (Å²) in [6.07, 6.45) is 1.64. The molecular formula is C20H10Cl3FN2O. The molecule has 4 rings (SSSR count). The van der Waals surface area contributed by atoms with Crippen molar-refractivity contribution in [1.29, 1.82) is 0 Å². The van der Waals surface area contributed by atoms with E-state index in [9.17, 15) is 4.39 Å². The normalized spacial score (nSPS) is 11.0. The maximum absolute atomic E-state index is 14.5. The molecule has 0 spiro atoms. The monoisotopic (exact) mass is 418 g/mol. The van der Waals surface area contributed by atoms with Gasteiger partial charge in [0.05, 0.1) is 16.3 Å². The Balaban J connectivity index is 2.00. The quantitative estimate of drug-likeness (QED) is 0.353. The Morgan fingerprint density at radius 2 is 1.59 bits per heavy atom. The van der Waals surface area contributed by atoms with Gasteiger partial charge in [0.15, 0.2) is 5.76 Å². The van der Waals surface area contributed by atoms with Crippen molar-refractivity contribution in [2.45, 2.75) is 0 Å². The highest BCUT2D eigenvalue weighted by molar-refractivity contribution is 6.36. The highest BCUT2D eigenvalue weighted by Crippen LogP contribution is 2.42. The third-order valence-corrected chi connectivity index (χ3v) is 4.76. The number of hydrogen-bond acceptors (Lipinski definition) is 3. The number of nitrogens with zero attached hydrogens (tertiary/aromatic N) is 2. The van der Waals surface area contributed by atoms with Gasteiger partial charge in [-0.15, -0.1) is 0 Å². The highest BCUT2D eigenvalue weighted by Gasteiger charge is 2.25. The van der Waals surface area contributed by atoms with Crippen molar-refractivity contribution in [1.82, 2.24) is 10.1 Å². The van der Waals surface area contributed by atoms with E-state index in [-0.39, 0.29) is 5.56 Å². The Morgan fingerprint density at radius 1 is 0.852 bits per heavy atom. The van der Waals surface area contributed by atoms with Gasteiger partial charge in [0, 0.05) is 27.4 Å². The van der Waals surface area contributed by atoms with Crippen LogP contribution in [-0.4, -0.2) is 10.1 Å². The summed E-state index contributed by atoms with van der Waals surface area (Å²) in [6.45, 7) is 0. The van der Waals surface area contributed by atoms with Gasteiger partial charge in [-0.2, -0.15) is 0 Å². The van der Waals surface area contributed by atoms with Gasteiger partial charge in [-0.3, -0.25) is 4.98 Å². The van der Waals surface area contributed by atoms with Crippen molar-refractivity contribution in [3.05, 3.63) is 81.7 Å². The summed E-state index contributed by atoms with van der Waals surface area (Å²) in [4.78, 5) is 4.37. The molecule has 0 bridgehead atoms. The summed E-state index contributed by atoms with van der Waals surface area (Å²) in [5.41, 5.74) is 2.24. The second-order valence-corrected chi connectivity index (χ2v) is 6.98. The van der Waals surface area contributed by atoms with Crippen LogP contribution >= 0.6 is 34.8 Å². The molecule has 0 unspecified atom stereocenters. The first-order chi connectivity index (χ1) is 13.0. The summed E-state index contributed by atoms with van der Waals surface area (Å²) in [5.74, 6) is -0.138. The molecule has 0 radical (unpaired) electrons. The molecule has 27 heavy (non-hydrogen) atoms. The summed E-state index contributed by atoms with van der Waals surface area (Å²) >= 11 is 18.2. The van der Waals surface area contributed by atoms with E-state index in [4.69, 9.17) is 39.3 Å². The van der Waals surface area contributed by atoms with Crippen LogP contribution in [0.15, 0.2) is 65.3 Å². The van der Waals surface area contributed by atoms with E-state index in [1.165, 1.54) is 6.07 Å². The predicted molar refractivity (Wildman–Crippen MR) is 106 cm³/mol. The summed E-state index contributed by atoms with van der Waals surface area (Å²) < 4.78 is 20.1. The summed E-state index contributed by atoms with van der Waals surface area (Å²) in [5, 5.41) is 5.28. The first-order valence-electron chi connectivity index (χ1n) is 7.86. The second-order valence-electron chi connectivity index (χ2n) is 5.70. The summed E-state index contributed by atoms with van der Waals surface area (Å²) in [6, 6.07) is 14.8. The van der Waals surface area contributed by atoms with Crippen molar-refractivity contribution in [2.24, 2.45) is 0 Å². The Labute approximate surface area is 169 Å². The molecule has 0 aliphatic carbocycles. The Bertz CT molecular complexity index is 1060. The molecule has 0 amide bonds. The van der Waals surface area contributed by atoms with Gasteiger partial charge in [-0.1, -0.05) is 46.0 Å². The zero-order valence-electron chi connectivity index (χ0n) is 13.6. The molecule has 7 heteroatoms. The molecule has 2 aromatic carbocycles. The maximum atomic E-state index is 14.5. The minimum absolute atomic E-state index is 0.250. The molecule has 0 N–H and O–H groups in total. The summed E-state index contributed by atoms with van der Waals surface area (Å²) in [7, 11) is 0. The van der Waals surface area contributed by atoms with Crippen LogP contribution in [0.1, 0.15) is 0 Å². The smallest absolute Gasteiger partial charge is 0.178 e. The number of benzene rings is 2. The van der Waals surface area contributed by atoms with Crippen LogP contribution in [-0.2, 0) is 0 Å². The van der Waals surface area contributed by atoms with E-state index in [0.29, 0.717) is 43.3 Å². The van der Waals surface area contributed by atoms with Gasteiger partial charge in [0.2, 0.25) is 0 Å². The lowest BCUT2D eigenvalue weighted by atomic mass is 9.99. The maximum Gasteiger partial charge on any atom is 0.178 e. The molecule has 0 saturated carbocycles. The molecule has 2 heterocycles. The van der Waals surface area contributed by atoms with Gasteiger partial charge in [0.25, 0.3) is 0 Å². The van der Waals surface area contributed by atoms with Gasteiger partial charge in [-0.25, -0.2) is 4.39 Å².